The number of hydrogen-bond acceptors (Lipinski definition) is 8. The van der Waals surface area contributed by atoms with E-state index in [0.717, 1.165) is 6.07 Å². The lowest BCUT2D eigenvalue weighted by molar-refractivity contribution is -0.0324. The Morgan fingerprint density at radius 2 is 2.00 bits per heavy atom. The minimum atomic E-state index is -4.33. The van der Waals surface area contributed by atoms with Gasteiger partial charge >= 0.3 is 0 Å². The molecule has 10 nitrogen and oxygen atoms in total. The molecule has 0 bridgehead atoms. The number of amides is 1. The second-order valence-corrected chi connectivity index (χ2v) is 10.9. The summed E-state index contributed by atoms with van der Waals surface area (Å²) in [6, 6.07) is 13.0. The molecule has 3 N–H and O–H groups in total. The Balaban J connectivity index is 1.50. The van der Waals surface area contributed by atoms with Gasteiger partial charge in [-0.25, -0.2) is 17.8 Å². The molecule has 2 aromatic heterocycles. The molecule has 0 aliphatic carbocycles. The van der Waals surface area contributed by atoms with Crippen LogP contribution in [0.5, 0.6) is 17.2 Å². The zero-order valence-electron chi connectivity index (χ0n) is 20.5. The number of nitrogens with one attached hydrogen (secondary N) is 1. The number of alkyl halides is 1. The van der Waals surface area contributed by atoms with Gasteiger partial charge in [-0.15, -0.1) is 0 Å². The molecular weight excluding hydrogens is 527 g/mol. The Kier molecular flexibility index (Phi) is 6.94. The van der Waals surface area contributed by atoms with Crippen molar-refractivity contribution >= 4 is 26.8 Å². The van der Waals surface area contributed by atoms with Gasteiger partial charge in [0.15, 0.2) is 5.75 Å². The molecule has 1 amide bonds. The summed E-state index contributed by atoms with van der Waals surface area (Å²) in [5.74, 6) is -0.943. The smallest absolute Gasteiger partial charge is 0.252 e. The van der Waals surface area contributed by atoms with Crippen LogP contribution in [-0.2, 0) is 14.6 Å². The van der Waals surface area contributed by atoms with Crippen molar-refractivity contribution in [3.8, 4) is 23.3 Å². The molecule has 1 aliphatic heterocycles. The average Bonchev–Trinajstić information content (AvgIpc) is 3.40. The number of halogens is 1. The maximum absolute atomic E-state index is 14.9. The summed E-state index contributed by atoms with van der Waals surface area (Å²) in [5, 5.41) is 10.4. The van der Waals surface area contributed by atoms with Crippen molar-refractivity contribution in [1.29, 1.82) is 5.26 Å². The second kappa shape index (κ2) is 10.4. The maximum atomic E-state index is 14.9. The molecule has 0 atom stereocenters. The number of aromatic amines is 1. The minimum Gasteiger partial charge on any atom is -0.489 e. The molecule has 1 saturated heterocycles. The summed E-state index contributed by atoms with van der Waals surface area (Å²) < 4.78 is 59.1. The molecule has 200 valence electrons. The lowest BCUT2D eigenvalue weighted by Crippen LogP contribution is -2.37. The molecule has 3 heterocycles. The van der Waals surface area contributed by atoms with Gasteiger partial charge in [0, 0.05) is 37.6 Å². The molecule has 39 heavy (non-hydrogen) atoms. The summed E-state index contributed by atoms with van der Waals surface area (Å²) in [4.78, 5) is 18.8. The summed E-state index contributed by atoms with van der Waals surface area (Å²) in [6.07, 6.45) is 3.38. The van der Waals surface area contributed by atoms with Gasteiger partial charge in [-0.05, 0) is 42.5 Å². The van der Waals surface area contributed by atoms with Crippen LogP contribution in [0.3, 0.4) is 0 Å². The van der Waals surface area contributed by atoms with E-state index in [1.165, 1.54) is 36.5 Å². The first kappa shape index (κ1) is 26.1. The quantitative estimate of drug-likeness (QED) is 0.333. The Hall–Kier alpha value is -4.47. The van der Waals surface area contributed by atoms with E-state index in [0.29, 0.717) is 11.0 Å². The first-order valence-corrected chi connectivity index (χ1v) is 13.4. The fourth-order valence-electron chi connectivity index (χ4n) is 4.23. The average molecular weight is 551 g/mol. The fraction of sp³-hybridized carbons (Fsp3) is 0.222. The molecule has 4 aromatic rings. The number of pyridine rings is 1. The molecule has 1 aliphatic rings. The number of nitrogens with zero attached hydrogens (tertiary/aromatic N) is 2. The predicted molar refractivity (Wildman–Crippen MR) is 137 cm³/mol. The summed E-state index contributed by atoms with van der Waals surface area (Å²) in [5.41, 5.74) is 4.28. The van der Waals surface area contributed by atoms with Crippen LogP contribution in [0.4, 0.5) is 4.39 Å². The molecule has 1 fully saturated rings. The van der Waals surface area contributed by atoms with Crippen LogP contribution in [0.1, 0.15) is 28.8 Å². The van der Waals surface area contributed by atoms with Crippen molar-refractivity contribution in [2.75, 3.05) is 19.8 Å². The second-order valence-electron chi connectivity index (χ2n) is 9.01. The highest BCUT2D eigenvalue weighted by Gasteiger charge is 2.34. The van der Waals surface area contributed by atoms with E-state index >= 15 is 0 Å². The highest BCUT2D eigenvalue weighted by atomic mass is 32.2. The number of hydrogen-bond donors (Lipinski definition) is 2. The zero-order chi connectivity index (χ0) is 27.6. The Bertz CT molecular complexity index is 1710. The van der Waals surface area contributed by atoms with E-state index in [1.807, 2.05) is 6.07 Å². The highest BCUT2D eigenvalue weighted by molar-refractivity contribution is 7.91. The zero-order valence-corrected chi connectivity index (χ0v) is 21.3. The number of sulfone groups is 1. The number of primary amides is 1. The molecule has 2 aromatic carbocycles. The molecular formula is C27H23FN4O6S. The Labute approximate surface area is 223 Å². The normalized spacial score (nSPS) is 15.0. The van der Waals surface area contributed by atoms with Crippen LogP contribution in [0.2, 0.25) is 0 Å². The van der Waals surface area contributed by atoms with E-state index in [9.17, 15) is 22.9 Å². The van der Waals surface area contributed by atoms with Crippen molar-refractivity contribution in [1.82, 2.24) is 9.97 Å². The number of para-hydroxylation sites is 1. The third kappa shape index (κ3) is 5.27. The fourth-order valence-corrected chi connectivity index (χ4v) is 5.65. The van der Waals surface area contributed by atoms with Gasteiger partial charge in [0.2, 0.25) is 9.84 Å². The minimum absolute atomic E-state index is 0.0493. The monoisotopic (exact) mass is 550 g/mol. The van der Waals surface area contributed by atoms with Crippen molar-refractivity contribution < 1.29 is 31.8 Å². The van der Waals surface area contributed by atoms with Crippen molar-refractivity contribution in [3.63, 3.8) is 0 Å². The molecule has 0 saturated carbocycles. The number of carbonyl (C=O) groups is 1. The van der Waals surface area contributed by atoms with Crippen LogP contribution in [0, 0.1) is 11.3 Å². The van der Waals surface area contributed by atoms with E-state index in [1.54, 1.807) is 18.3 Å². The van der Waals surface area contributed by atoms with Crippen LogP contribution in [0.15, 0.2) is 70.7 Å². The number of benzene rings is 2. The maximum Gasteiger partial charge on any atom is 0.252 e. The molecule has 0 spiro atoms. The number of H-pyrrole nitrogens is 1. The molecule has 12 heteroatoms. The van der Waals surface area contributed by atoms with Gasteiger partial charge < -0.3 is 24.9 Å². The topological polar surface area (TPSA) is 157 Å². The lowest BCUT2D eigenvalue weighted by atomic mass is 9.98. The van der Waals surface area contributed by atoms with Crippen LogP contribution >= 0.6 is 0 Å². The van der Waals surface area contributed by atoms with Gasteiger partial charge in [0.25, 0.3) is 5.91 Å². The van der Waals surface area contributed by atoms with Gasteiger partial charge in [0.1, 0.15) is 40.4 Å². The number of nitrogens with two attached hydrogens (primary N) is 1. The van der Waals surface area contributed by atoms with Crippen LogP contribution in [-0.4, -0.2) is 49.8 Å². The van der Waals surface area contributed by atoms with Gasteiger partial charge in [0.05, 0.1) is 22.2 Å². The van der Waals surface area contributed by atoms with Gasteiger partial charge in [-0.3, -0.25) is 4.79 Å². The number of nitriles is 1. The van der Waals surface area contributed by atoms with Gasteiger partial charge in [-0.1, -0.05) is 6.07 Å². The third-order valence-electron chi connectivity index (χ3n) is 6.39. The summed E-state index contributed by atoms with van der Waals surface area (Å²) in [6.45, 7) is 0.243. The van der Waals surface area contributed by atoms with E-state index in [4.69, 9.17) is 19.9 Å². The number of carbonyl (C=O) groups excluding carboxylic acids is 1. The standard InChI is InChI=1S/C27H23FN4O6S/c28-27(7-10-36-11-8-27)16-37-22-5-4-20(13-18(22)14-29)39(34,35)23-3-1-2-21(25(30)33)24(23)38-19-12-17-6-9-31-26(17)32-15-19/h1-6,9,12-13,15H,7-8,10-11,16H2,(H2,30,33)(H,31,32). The largest absolute Gasteiger partial charge is 0.489 e. The molecule has 0 unspecified atom stereocenters. The lowest BCUT2D eigenvalue weighted by Gasteiger charge is -2.29. The SMILES string of the molecule is N#Cc1cc(S(=O)(=O)c2cccc(C(N)=O)c2Oc2cnc3[nH]ccc3c2)ccc1OCC1(F)CCOCC1. The van der Waals surface area contributed by atoms with Crippen molar-refractivity contribution in [2.24, 2.45) is 5.73 Å². The van der Waals surface area contributed by atoms with Crippen molar-refractivity contribution in [3.05, 3.63) is 72.1 Å². The van der Waals surface area contributed by atoms with E-state index in [2.05, 4.69) is 9.97 Å². The predicted octanol–water partition coefficient (Wildman–Crippen LogP) is 4.06. The van der Waals surface area contributed by atoms with Crippen LogP contribution < -0.4 is 15.2 Å². The van der Waals surface area contributed by atoms with E-state index in [-0.39, 0.29) is 70.8 Å². The Morgan fingerprint density at radius 1 is 1.21 bits per heavy atom. The Morgan fingerprint density at radius 3 is 2.74 bits per heavy atom. The first-order valence-electron chi connectivity index (χ1n) is 11.9. The molecule has 0 radical (unpaired) electrons. The van der Waals surface area contributed by atoms with Crippen molar-refractivity contribution in [2.45, 2.75) is 28.3 Å². The first-order chi connectivity index (χ1) is 18.7. The third-order valence-corrected chi connectivity index (χ3v) is 8.16. The van der Waals surface area contributed by atoms with Gasteiger partial charge in [-0.2, -0.15) is 5.26 Å². The van der Waals surface area contributed by atoms with Crippen LogP contribution in [0.25, 0.3) is 11.0 Å². The molecule has 5 rings (SSSR count). The number of ether oxygens (including phenoxy) is 3. The summed E-state index contributed by atoms with van der Waals surface area (Å²) >= 11 is 0. The van der Waals surface area contributed by atoms with E-state index < -0.39 is 21.4 Å². The number of rotatable bonds is 8. The summed E-state index contributed by atoms with van der Waals surface area (Å²) in [7, 11) is -4.33. The highest BCUT2D eigenvalue weighted by Crippen LogP contribution is 2.37. The number of fused-ring (bicyclic) bond motifs is 1. The number of aromatic nitrogens is 2.